The summed E-state index contributed by atoms with van der Waals surface area (Å²) in [7, 11) is 0. The van der Waals surface area contributed by atoms with Crippen molar-refractivity contribution in [1.29, 1.82) is 0 Å². The van der Waals surface area contributed by atoms with Crippen molar-refractivity contribution in [3.8, 4) is 0 Å². The van der Waals surface area contributed by atoms with Crippen molar-refractivity contribution in [3.05, 3.63) is 18.0 Å². The summed E-state index contributed by atoms with van der Waals surface area (Å²) in [6.07, 6.45) is 7.10. The van der Waals surface area contributed by atoms with Crippen LogP contribution in [0.15, 0.2) is 12.4 Å². The number of hydrogen-bond acceptors (Lipinski definition) is 5. The van der Waals surface area contributed by atoms with Crippen LogP contribution in [0.4, 0.5) is 5.95 Å². The number of rotatable bonds is 4. The molecule has 1 amide bonds. The Bertz CT molecular complexity index is 490. The fourth-order valence-electron chi connectivity index (χ4n) is 3.06. The maximum Gasteiger partial charge on any atom is 0.236 e. The maximum absolute atomic E-state index is 12.2. The van der Waals surface area contributed by atoms with Crippen molar-refractivity contribution in [2.45, 2.75) is 26.2 Å². The fraction of sp³-hybridized carbons (Fsp3) is 0.688. The molecule has 3 heterocycles. The molecule has 2 aliphatic heterocycles. The highest BCUT2D eigenvalue weighted by atomic mass is 16.2. The molecule has 2 aliphatic rings. The lowest BCUT2D eigenvalue weighted by molar-refractivity contribution is -0.131. The van der Waals surface area contributed by atoms with Crippen LogP contribution in [0.5, 0.6) is 0 Å². The summed E-state index contributed by atoms with van der Waals surface area (Å²) in [6, 6.07) is 0. The van der Waals surface area contributed by atoms with Gasteiger partial charge in [-0.25, -0.2) is 9.97 Å². The van der Waals surface area contributed by atoms with Crippen LogP contribution in [0.2, 0.25) is 0 Å². The van der Waals surface area contributed by atoms with Gasteiger partial charge in [-0.2, -0.15) is 0 Å². The summed E-state index contributed by atoms with van der Waals surface area (Å²) >= 11 is 0. The van der Waals surface area contributed by atoms with E-state index in [-0.39, 0.29) is 5.91 Å². The predicted molar refractivity (Wildman–Crippen MR) is 85.9 cm³/mol. The van der Waals surface area contributed by atoms with E-state index in [0.29, 0.717) is 6.54 Å². The third kappa shape index (κ3) is 3.55. The van der Waals surface area contributed by atoms with Gasteiger partial charge in [0.1, 0.15) is 0 Å². The number of hydrogen-bond donors (Lipinski definition) is 0. The molecule has 0 bridgehead atoms. The molecule has 0 atom stereocenters. The summed E-state index contributed by atoms with van der Waals surface area (Å²) in [5.41, 5.74) is 1.17. The zero-order valence-electron chi connectivity index (χ0n) is 13.4. The standard InChI is InChI=1S/C16H25N5O/c1-2-14-11-17-16(18-12-14)21-9-7-19(8-10-21)13-15(22)20-5-3-4-6-20/h11-12H,2-10,13H2,1H3. The van der Waals surface area contributed by atoms with Crippen molar-refractivity contribution >= 4 is 11.9 Å². The molecule has 2 fully saturated rings. The molecule has 0 saturated carbocycles. The van der Waals surface area contributed by atoms with Gasteiger partial charge in [-0.15, -0.1) is 0 Å². The van der Waals surface area contributed by atoms with Gasteiger partial charge in [0.2, 0.25) is 11.9 Å². The second kappa shape index (κ2) is 7.05. The van der Waals surface area contributed by atoms with Gasteiger partial charge in [0.25, 0.3) is 0 Å². The third-order valence-corrected chi connectivity index (χ3v) is 4.57. The number of aromatic nitrogens is 2. The summed E-state index contributed by atoms with van der Waals surface area (Å²) in [4.78, 5) is 27.5. The lowest BCUT2D eigenvalue weighted by atomic mass is 10.3. The van der Waals surface area contributed by atoms with Crippen molar-refractivity contribution in [2.24, 2.45) is 0 Å². The molecule has 1 aromatic heterocycles. The van der Waals surface area contributed by atoms with Gasteiger partial charge in [-0.1, -0.05) is 6.92 Å². The normalized spacial score (nSPS) is 19.7. The summed E-state index contributed by atoms with van der Waals surface area (Å²) in [5, 5.41) is 0. The fourth-order valence-corrected chi connectivity index (χ4v) is 3.06. The van der Waals surface area contributed by atoms with Gasteiger partial charge < -0.3 is 9.80 Å². The number of likely N-dealkylation sites (tertiary alicyclic amines) is 1. The van der Waals surface area contributed by atoms with Crippen LogP contribution in [0.25, 0.3) is 0 Å². The minimum absolute atomic E-state index is 0.287. The van der Waals surface area contributed by atoms with Gasteiger partial charge >= 0.3 is 0 Å². The highest BCUT2D eigenvalue weighted by Crippen LogP contribution is 2.12. The minimum atomic E-state index is 0.287. The first-order valence-corrected chi connectivity index (χ1v) is 8.32. The van der Waals surface area contributed by atoms with E-state index in [1.807, 2.05) is 17.3 Å². The van der Waals surface area contributed by atoms with E-state index in [4.69, 9.17) is 0 Å². The van der Waals surface area contributed by atoms with Gasteiger partial charge in [0, 0.05) is 51.7 Å². The number of piperazine rings is 1. The molecule has 22 heavy (non-hydrogen) atoms. The maximum atomic E-state index is 12.2. The first-order valence-electron chi connectivity index (χ1n) is 8.32. The van der Waals surface area contributed by atoms with Gasteiger partial charge in [-0.3, -0.25) is 9.69 Å². The van der Waals surface area contributed by atoms with Crippen molar-refractivity contribution < 1.29 is 4.79 Å². The van der Waals surface area contributed by atoms with Crippen molar-refractivity contribution in [1.82, 2.24) is 19.8 Å². The molecule has 2 saturated heterocycles. The Morgan fingerprint density at radius 1 is 1.05 bits per heavy atom. The minimum Gasteiger partial charge on any atom is -0.342 e. The van der Waals surface area contributed by atoms with E-state index >= 15 is 0 Å². The molecule has 0 spiro atoms. The van der Waals surface area contributed by atoms with Crippen LogP contribution in [0.3, 0.4) is 0 Å². The van der Waals surface area contributed by atoms with E-state index in [1.165, 1.54) is 5.56 Å². The molecular formula is C16H25N5O. The van der Waals surface area contributed by atoms with Crippen LogP contribution in [0, 0.1) is 0 Å². The zero-order chi connectivity index (χ0) is 15.4. The molecule has 120 valence electrons. The van der Waals surface area contributed by atoms with E-state index in [2.05, 4.69) is 26.7 Å². The number of anilines is 1. The molecule has 0 radical (unpaired) electrons. The number of aryl methyl sites for hydroxylation is 1. The van der Waals surface area contributed by atoms with Crippen LogP contribution >= 0.6 is 0 Å². The molecule has 1 aromatic rings. The first kappa shape index (κ1) is 15.2. The lowest BCUT2D eigenvalue weighted by Crippen LogP contribution is -2.50. The van der Waals surface area contributed by atoms with Crippen LogP contribution < -0.4 is 4.90 Å². The number of carbonyl (C=O) groups excluding carboxylic acids is 1. The summed E-state index contributed by atoms with van der Waals surface area (Å²) < 4.78 is 0. The SMILES string of the molecule is CCc1cnc(N2CCN(CC(=O)N3CCCC3)CC2)nc1. The highest BCUT2D eigenvalue weighted by Gasteiger charge is 2.24. The van der Waals surface area contributed by atoms with Gasteiger partial charge in [0.15, 0.2) is 0 Å². The van der Waals surface area contributed by atoms with Crippen molar-refractivity contribution in [3.63, 3.8) is 0 Å². The average Bonchev–Trinajstić information content (AvgIpc) is 3.10. The number of carbonyl (C=O) groups is 1. The highest BCUT2D eigenvalue weighted by molar-refractivity contribution is 5.78. The summed E-state index contributed by atoms with van der Waals surface area (Å²) in [5.74, 6) is 1.09. The Balaban J connectivity index is 1.48. The molecule has 3 rings (SSSR count). The molecule has 0 aliphatic carbocycles. The second-order valence-corrected chi connectivity index (χ2v) is 6.10. The third-order valence-electron chi connectivity index (χ3n) is 4.57. The van der Waals surface area contributed by atoms with E-state index in [9.17, 15) is 4.79 Å². The number of nitrogens with zero attached hydrogens (tertiary/aromatic N) is 5. The zero-order valence-corrected chi connectivity index (χ0v) is 13.4. The van der Waals surface area contributed by atoms with Gasteiger partial charge in [0.05, 0.1) is 6.54 Å². The molecular weight excluding hydrogens is 278 g/mol. The van der Waals surface area contributed by atoms with Crippen LogP contribution in [0.1, 0.15) is 25.3 Å². The molecule has 6 nitrogen and oxygen atoms in total. The second-order valence-electron chi connectivity index (χ2n) is 6.10. The Kier molecular flexibility index (Phi) is 4.87. The van der Waals surface area contributed by atoms with E-state index in [0.717, 1.165) is 64.5 Å². The van der Waals surface area contributed by atoms with Crippen molar-refractivity contribution in [2.75, 3.05) is 50.7 Å². The van der Waals surface area contributed by atoms with E-state index < -0.39 is 0 Å². The molecule has 0 N–H and O–H groups in total. The van der Waals surface area contributed by atoms with Crippen LogP contribution in [-0.2, 0) is 11.2 Å². The average molecular weight is 303 g/mol. The Morgan fingerprint density at radius 2 is 1.68 bits per heavy atom. The Hall–Kier alpha value is -1.69. The summed E-state index contributed by atoms with van der Waals surface area (Å²) in [6.45, 7) is 8.12. The predicted octanol–water partition coefficient (Wildman–Crippen LogP) is 0.783. The smallest absolute Gasteiger partial charge is 0.236 e. The van der Waals surface area contributed by atoms with Crippen LogP contribution in [-0.4, -0.2) is 71.5 Å². The topological polar surface area (TPSA) is 52.6 Å². The molecule has 6 heteroatoms. The molecule has 0 unspecified atom stereocenters. The first-order chi connectivity index (χ1) is 10.8. The molecule has 0 aromatic carbocycles. The quantitative estimate of drug-likeness (QED) is 0.823. The lowest BCUT2D eigenvalue weighted by Gasteiger charge is -2.34. The number of amides is 1. The van der Waals surface area contributed by atoms with Gasteiger partial charge in [-0.05, 0) is 24.8 Å². The Labute approximate surface area is 132 Å². The Morgan fingerprint density at radius 3 is 2.27 bits per heavy atom. The monoisotopic (exact) mass is 303 g/mol. The largest absolute Gasteiger partial charge is 0.342 e. The van der Waals surface area contributed by atoms with E-state index in [1.54, 1.807) is 0 Å².